The van der Waals surface area contributed by atoms with Crippen molar-refractivity contribution in [3.05, 3.63) is 78.1 Å². The molecule has 2 aromatic carbocycles. The molecule has 2 heterocycles. The fourth-order valence-electron chi connectivity index (χ4n) is 3.54. The van der Waals surface area contributed by atoms with E-state index in [2.05, 4.69) is 10.4 Å². The molecule has 1 N–H and O–H groups in total. The van der Waals surface area contributed by atoms with Gasteiger partial charge in [0.2, 0.25) is 5.91 Å². The van der Waals surface area contributed by atoms with Crippen LogP contribution in [0.3, 0.4) is 0 Å². The molecule has 1 aliphatic rings. The number of carbonyl (C=O) groups is 3. The quantitative estimate of drug-likeness (QED) is 0.681. The van der Waals surface area contributed by atoms with E-state index in [0.717, 1.165) is 10.6 Å². The molecule has 1 unspecified atom stereocenters. The van der Waals surface area contributed by atoms with Crippen LogP contribution in [0.15, 0.2) is 67.0 Å². The molecule has 1 aliphatic heterocycles. The van der Waals surface area contributed by atoms with Crippen molar-refractivity contribution in [1.82, 2.24) is 14.7 Å². The summed E-state index contributed by atoms with van der Waals surface area (Å²) in [7, 11) is 0. The third-order valence-corrected chi connectivity index (χ3v) is 4.89. The molecule has 0 bridgehead atoms. The van der Waals surface area contributed by atoms with Gasteiger partial charge in [-0.05, 0) is 42.3 Å². The fourth-order valence-corrected chi connectivity index (χ4v) is 3.54. The maximum atomic E-state index is 13.1. The van der Waals surface area contributed by atoms with Gasteiger partial charge < -0.3 is 5.32 Å². The van der Waals surface area contributed by atoms with Gasteiger partial charge in [-0.3, -0.25) is 19.3 Å². The number of benzene rings is 2. The molecule has 7 nitrogen and oxygen atoms in total. The number of hydrogen-bond acceptors (Lipinski definition) is 4. The van der Waals surface area contributed by atoms with Crippen molar-refractivity contribution in [2.75, 3.05) is 5.32 Å². The Labute approximate surface area is 167 Å². The maximum Gasteiger partial charge on any atom is 0.262 e. The predicted molar refractivity (Wildman–Crippen MR) is 108 cm³/mol. The third kappa shape index (κ3) is 3.31. The summed E-state index contributed by atoms with van der Waals surface area (Å²) in [6.07, 6.45) is 3.47. The van der Waals surface area contributed by atoms with Crippen LogP contribution in [0.25, 0.3) is 5.69 Å². The summed E-state index contributed by atoms with van der Waals surface area (Å²) in [5, 5.41) is 7.03. The van der Waals surface area contributed by atoms with Crippen LogP contribution in [0.4, 0.5) is 5.69 Å². The van der Waals surface area contributed by atoms with E-state index in [4.69, 9.17) is 0 Å². The van der Waals surface area contributed by atoms with Gasteiger partial charge in [0.25, 0.3) is 11.8 Å². The molecule has 4 rings (SSSR count). The number of fused-ring (bicyclic) bond motifs is 1. The van der Waals surface area contributed by atoms with Crippen LogP contribution >= 0.6 is 0 Å². The van der Waals surface area contributed by atoms with E-state index >= 15 is 0 Å². The second-order valence-corrected chi connectivity index (χ2v) is 7.20. The average Bonchev–Trinajstić information content (AvgIpc) is 3.32. The van der Waals surface area contributed by atoms with Crippen LogP contribution in [0.5, 0.6) is 0 Å². The molecule has 0 fully saturated rings. The molecule has 1 atom stereocenters. The maximum absolute atomic E-state index is 13.1. The minimum Gasteiger partial charge on any atom is -0.324 e. The van der Waals surface area contributed by atoms with Crippen molar-refractivity contribution in [1.29, 1.82) is 0 Å². The zero-order valence-electron chi connectivity index (χ0n) is 16.1. The van der Waals surface area contributed by atoms with E-state index in [9.17, 15) is 14.4 Å². The molecule has 0 radical (unpaired) electrons. The fraction of sp³-hybridized carbons (Fsp3) is 0.182. The van der Waals surface area contributed by atoms with Gasteiger partial charge in [0.05, 0.1) is 16.8 Å². The standard InChI is InChI=1S/C22H20N4O3/c1-14(2)19(26-21(28)17-9-3-4-10-18(17)22(26)29)20(27)24-15-7-5-8-16(13-15)25-12-6-11-23-25/h3-14,19H,1-2H3,(H,24,27). The first kappa shape index (κ1) is 18.6. The lowest BCUT2D eigenvalue weighted by molar-refractivity contribution is -0.121. The van der Waals surface area contributed by atoms with Crippen LogP contribution in [-0.2, 0) is 4.79 Å². The van der Waals surface area contributed by atoms with Crippen molar-refractivity contribution in [2.45, 2.75) is 19.9 Å². The Morgan fingerprint density at radius 1 is 0.966 bits per heavy atom. The Kier molecular flexibility index (Phi) is 4.72. The van der Waals surface area contributed by atoms with Gasteiger partial charge >= 0.3 is 0 Å². The topological polar surface area (TPSA) is 84.3 Å². The van der Waals surface area contributed by atoms with Crippen LogP contribution in [-0.4, -0.2) is 38.4 Å². The third-order valence-electron chi connectivity index (χ3n) is 4.89. The van der Waals surface area contributed by atoms with E-state index in [0.29, 0.717) is 16.8 Å². The first-order valence-corrected chi connectivity index (χ1v) is 9.35. The second kappa shape index (κ2) is 7.35. The van der Waals surface area contributed by atoms with Gasteiger partial charge in [-0.15, -0.1) is 0 Å². The Hall–Kier alpha value is -3.74. The SMILES string of the molecule is CC(C)C(C(=O)Nc1cccc(-n2cccn2)c1)N1C(=O)c2ccccc2C1=O. The van der Waals surface area contributed by atoms with Crippen LogP contribution in [0.1, 0.15) is 34.6 Å². The molecule has 0 spiro atoms. The number of nitrogens with one attached hydrogen (secondary N) is 1. The van der Waals surface area contributed by atoms with Gasteiger partial charge in [0, 0.05) is 18.1 Å². The number of nitrogens with zero attached hydrogens (tertiary/aromatic N) is 3. The molecular weight excluding hydrogens is 368 g/mol. The van der Waals surface area contributed by atoms with E-state index in [1.54, 1.807) is 59.5 Å². The molecule has 146 valence electrons. The lowest BCUT2D eigenvalue weighted by atomic mass is 10.0. The average molecular weight is 388 g/mol. The van der Waals surface area contributed by atoms with Crippen LogP contribution < -0.4 is 5.32 Å². The molecule has 0 aliphatic carbocycles. The monoisotopic (exact) mass is 388 g/mol. The molecule has 7 heteroatoms. The van der Waals surface area contributed by atoms with Gasteiger partial charge in [0.1, 0.15) is 6.04 Å². The number of hydrogen-bond donors (Lipinski definition) is 1. The van der Waals surface area contributed by atoms with E-state index in [1.807, 2.05) is 26.0 Å². The molecule has 0 saturated heterocycles. The highest BCUT2D eigenvalue weighted by atomic mass is 16.2. The zero-order chi connectivity index (χ0) is 20.5. The van der Waals surface area contributed by atoms with Crippen molar-refractivity contribution < 1.29 is 14.4 Å². The molecule has 29 heavy (non-hydrogen) atoms. The number of aromatic nitrogens is 2. The minimum atomic E-state index is -0.921. The Morgan fingerprint density at radius 3 is 2.24 bits per heavy atom. The Morgan fingerprint density at radius 2 is 1.66 bits per heavy atom. The molecule has 3 amide bonds. The van der Waals surface area contributed by atoms with Crippen LogP contribution in [0, 0.1) is 5.92 Å². The summed E-state index contributed by atoms with van der Waals surface area (Å²) in [6, 6.07) is 14.7. The summed E-state index contributed by atoms with van der Waals surface area (Å²) in [4.78, 5) is 39.8. The van der Waals surface area contributed by atoms with Gasteiger partial charge in [-0.25, -0.2) is 4.68 Å². The number of amides is 3. The van der Waals surface area contributed by atoms with Gasteiger partial charge in [0.15, 0.2) is 0 Å². The van der Waals surface area contributed by atoms with Crippen molar-refractivity contribution in [3.63, 3.8) is 0 Å². The van der Waals surface area contributed by atoms with Crippen molar-refractivity contribution in [2.24, 2.45) is 5.92 Å². The first-order valence-electron chi connectivity index (χ1n) is 9.35. The first-order chi connectivity index (χ1) is 14.0. The normalized spacial score (nSPS) is 14.2. The molecular formula is C22H20N4O3. The second-order valence-electron chi connectivity index (χ2n) is 7.20. The predicted octanol–water partition coefficient (Wildman–Crippen LogP) is 3.13. The Balaban J connectivity index is 1.61. The molecule has 1 aromatic heterocycles. The summed E-state index contributed by atoms with van der Waals surface area (Å²) < 4.78 is 1.68. The van der Waals surface area contributed by atoms with E-state index in [1.165, 1.54) is 0 Å². The number of anilines is 1. The van der Waals surface area contributed by atoms with E-state index in [-0.39, 0.29) is 5.92 Å². The highest BCUT2D eigenvalue weighted by molar-refractivity contribution is 6.23. The number of rotatable bonds is 5. The zero-order valence-corrected chi connectivity index (χ0v) is 16.1. The number of carbonyl (C=O) groups excluding carboxylic acids is 3. The number of imide groups is 1. The largest absolute Gasteiger partial charge is 0.324 e. The minimum absolute atomic E-state index is 0.258. The molecule has 0 saturated carbocycles. The van der Waals surface area contributed by atoms with Gasteiger partial charge in [-0.2, -0.15) is 5.10 Å². The van der Waals surface area contributed by atoms with Crippen molar-refractivity contribution in [3.8, 4) is 5.69 Å². The highest BCUT2D eigenvalue weighted by Crippen LogP contribution is 2.28. The summed E-state index contributed by atoms with van der Waals surface area (Å²) in [6.45, 7) is 3.63. The summed E-state index contributed by atoms with van der Waals surface area (Å²) >= 11 is 0. The highest BCUT2D eigenvalue weighted by Gasteiger charge is 2.43. The molecule has 3 aromatic rings. The van der Waals surface area contributed by atoms with Gasteiger partial charge in [-0.1, -0.05) is 32.0 Å². The van der Waals surface area contributed by atoms with Crippen LogP contribution in [0.2, 0.25) is 0 Å². The van der Waals surface area contributed by atoms with E-state index < -0.39 is 23.8 Å². The lowest BCUT2D eigenvalue weighted by Gasteiger charge is -2.28. The smallest absolute Gasteiger partial charge is 0.262 e. The summed E-state index contributed by atoms with van der Waals surface area (Å²) in [5.74, 6) is -1.55. The summed E-state index contributed by atoms with van der Waals surface area (Å²) in [5.41, 5.74) is 2.01. The Bertz CT molecular complexity index is 1050. The van der Waals surface area contributed by atoms with Crippen molar-refractivity contribution >= 4 is 23.4 Å². The lowest BCUT2D eigenvalue weighted by Crippen LogP contribution is -2.50.